The summed E-state index contributed by atoms with van der Waals surface area (Å²) in [5.74, 6) is 0.311. The molecule has 0 bridgehead atoms. The number of hydrogen-bond donors (Lipinski definition) is 0. The van der Waals surface area contributed by atoms with Gasteiger partial charge in [-0.1, -0.05) is 0 Å². The van der Waals surface area contributed by atoms with E-state index < -0.39 is 0 Å². The van der Waals surface area contributed by atoms with Crippen LogP contribution in [0.15, 0.2) is 18.3 Å². The average molecular weight is 252 g/mol. The third kappa shape index (κ3) is 4.00. The van der Waals surface area contributed by atoms with Crippen LogP contribution in [0.3, 0.4) is 0 Å². The van der Waals surface area contributed by atoms with E-state index in [1.54, 1.807) is 37.4 Å². The first-order chi connectivity index (χ1) is 8.70. The summed E-state index contributed by atoms with van der Waals surface area (Å²) in [6.45, 7) is 3.64. The molecule has 1 amide bonds. The summed E-state index contributed by atoms with van der Waals surface area (Å²) in [6, 6.07) is 3.46. The van der Waals surface area contributed by atoms with Crippen molar-refractivity contribution in [2.24, 2.45) is 0 Å². The molecule has 0 radical (unpaired) electrons. The molecule has 0 saturated heterocycles. The van der Waals surface area contributed by atoms with Crippen molar-refractivity contribution in [1.29, 1.82) is 0 Å². The molecule has 0 spiro atoms. The van der Waals surface area contributed by atoms with E-state index in [1.165, 1.54) is 0 Å². The van der Waals surface area contributed by atoms with Gasteiger partial charge in [0.2, 0.25) is 5.88 Å². The monoisotopic (exact) mass is 252 g/mol. The van der Waals surface area contributed by atoms with Crippen molar-refractivity contribution in [3.63, 3.8) is 0 Å². The molecule has 0 aliphatic rings. The van der Waals surface area contributed by atoms with Gasteiger partial charge in [-0.2, -0.15) is 0 Å². The fraction of sp³-hybridized carbons (Fsp3) is 0.538. The first-order valence-electron chi connectivity index (χ1n) is 6.03. The number of hydrogen-bond acceptors (Lipinski definition) is 4. The molecule has 1 heterocycles. The summed E-state index contributed by atoms with van der Waals surface area (Å²) in [5, 5.41) is 0. The lowest BCUT2D eigenvalue weighted by molar-refractivity contribution is 0.0774. The molecule has 0 aliphatic carbocycles. The lowest BCUT2D eigenvalue weighted by atomic mass is 10.2. The molecular weight excluding hydrogens is 232 g/mol. The van der Waals surface area contributed by atoms with Crippen molar-refractivity contribution in [3.05, 3.63) is 23.9 Å². The quantitative estimate of drug-likeness (QED) is 0.691. The minimum Gasteiger partial charge on any atom is -0.477 e. The van der Waals surface area contributed by atoms with Crippen molar-refractivity contribution in [2.75, 3.05) is 33.9 Å². The fourth-order valence-electron chi connectivity index (χ4n) is 1.56. The second kappa shape index (κ2) is 7.66. The molecule has 0 aliphatic heterocycles. The third-order valence-corrected chi connectivity index (χ3v) is 2.47. The first kappa shape index (κ1) is 14.4. The summed E-state index contributed by atoms with van der Waals surface area (Å²) in [6.07, 6.45) is 2.43. The zero-order valence-electron chi connectivity index (χ0n) is 11.2. The Kier molecular flexibility index (Phi) is 6.14. The van der Waals surface area contributed by atoms with Crippen LogP contribution < -0.4 is 4.74 Å². The summed E-state index contributed by atoms with van der Waals surface area (Å²) in [5.41, 5.74) is 0.499. The fourth-order valence-corrected chi connectivity index (χ4v) is 1.56. The van der Waals surface area contributed by atoms with E-state index in [1.807, 2.05) is 6.92 Å². The van der Waals surface area contributed by atoms with Crippen LogP contribution in [0.2, 0.25) is 0 Å². The largest absolute Gasteiger partial charge is 0.477 e. The lowest BCUT2D eigenvalue weighted by Crippen LogP contribution is -2.29. The number of rotatable bonds is 7. The average Bonchev–Trinajstić information content (AvgIpc) is 2.39. The molecule has 5 nitrogen and oxygen atoms in total. The van der Waals surface area contributed by atoms with Gasteiger partial charge in [0.15, 0.2) is 0 Å². The zero-order valence-corrected chi connectivity index (χ0v) is 11.2. The van der Waals surface area contributed by atoms with Crippen LogP contribution in [0.1, 0.15) is 23.7 Å². The molecule has 0 fully saturated rings. The standard InChI is InChI=1S/C13H20N2O3/c1-4-18-12-11(7-5-8-14-12)13(16)15(2)9-6-10-17-3/h5,7-8H,4,6,9-10H2,1-3H3. The van der Waals surface area contributed by atoms with E-state index in [2.05, 4.69) is 4.98 Å². The number of pyridine rings is 1. The maximum Gasteiger partial charge on any atom is 0.259 e. The van der Waals surface area contributed by atoms with Gasteiger partial charge in [-0.3, -0.25) is 4.79 Å². The molecule has 1 aromatic rings. The molecule has 5 heteroatoms. The first-order valence-corrected chi connectivity index (χ1v) is 6.03. The summed E-state index contributed by atoms with van der Waals surface area (Å²) in [4.78, 5) is 17.9. The van der Waals surface area contributed by atoms with Crippen molar-refractivity contribution in [1.82, 2.24) is 9.88 Å². The highest BCUT2D eigenvalue weighted by atomic mass is 16.5. The Balaban J connectivity index is 2.70. The molecular formula is C13H20N2O3. The van der Waals surface area contributed by atoms with Gasteiger partial charge in [0.25, 0.3) is 5.91 Å². The van der Waals surface area contributed by atoms with Crippen molar-refractivity contribution < 1.29 is 14.3 Å². The third-order valence-electron chi connectivity index (χ3n) is 2.47. The summed E-state index contributed by atoms with van der Waals surface area (Å²) < 4.78 is 10.3. The molecule has 18 heavy (non-hydrogen) atoms. The Hall–Kier alpha value is -1.62. The van der Waals surface area contributed by atoms with E-state index in [9.17, 15) is 4.79 Å². The van der Waals surface area contributed by atoms with Gasteiger partial charge in [0, 0.05) is 33.5 Å². The summed E-state index contributed by atoms with van der Waals surface area (Å²) >= 11 is 0. The van der Waals surface area contributed by atoms with Crippen LogP contribution in [-0.4, -0.2) is 49.7 Å². The second-order valence-electron chi connectivity index (χ2n) is 3.86. The molecule has 0 N–H and O–H groups in total. The summed E-state index contributed by atoms with van der Waals surface area (Å²) in [7, 11) is 3.41. The Morgan fingerprint density at radius 3 is 2.94 bits per heavy atom. The predicted octanol–water partition coefficient (Wildman–Crippen LogP) is 1.59. The number of amides is 1. The van der Waals surface area contributed by atoms with Gasteiger partial charge < -0.3 is 14.4 Å². The van der Waals surface area contributed by atoms with Gasteiger partial charge in [0.1, 0.15) is 5.56 Å². The van der Waals surface area contributed by atoms with Crippen LogP contribution >= 0.6 is 0 Å². The maximum atomic E-state index is 12.2. The van der Waals surface area contributed by atoms with Crippen molar-refractivity contribution in [3.8, 4) is 5.88 Å². The molecule has 0 atom stereocenters. The molecule has 0 aromatic carbocycles. The predicted molar refractivity (Wildman–Crippen MR) is 68.9 cm³/mol. The smallest absolute Gasteiger partial charge is 0.259 e. The Morgan fingerprint density at radius 1 is 1.50 bits per heavy atom. The van der Waals surface area contributed by atoms with Crippen LogP contribution in [0.25, 0.3) is 0 Å². The van der Waals surface area contributed by atoms with Crippen LogP contribution in [-0.2, 0) is 4.74 Å². The molecule has 100 valence electrons. The highest BCUT2D eigenvalue weighted by Gasteiger charge is 2.16. The molecule has 1 rings (SSSR count). The maximum absolute atomic E-state index is 12.2. The number of carbonyl (C=O) groups excluding carboxylic acids is 1. The highest BCUT2D eigenvalue weighted by Crippen LogP contribution is 2.16. The van der Waals surface area contributed by atoms with Gasteiger partial charge in [-0.05, 0) is 25.5 Å². The van der Waals surface area contributed by atoms with Crippen LogP contribution in [0, 0.1) is 0 Å². The lowest BCUT2D eigenvalue weighted by Gasteiger charge is -2.18. The second-order valence-corrected chi connectivity index (χ2v) is 3.86. The number of aromatic nitrogens is 1. The van der Waals surface area contributed by atoms with Gasteiger partial charge in [0.05, 0.1) is 6.61 Å². The highest BCUT2D eigenvalue weighted by molar-refractivity contribution is 5.96. The van der Waals surface area contributed by atoms with E-state index in [0.29, 0.717) is 31.2 Å². The topological polar surface area (TPSA) is 51.7 Å². The number of nitrogens with zero attached hydrogens (tertiary/aromatic N) is 2. The zero-order chi connectivity index (χ0) is 13.4. The van der Waals surface area contributed by atoms with Gasteiger partial charge in [-0.15, -0.1) is 0 Å². The van der Waals surface area contributed by atoms with Crippen molar-refractivity contribution >= 4 is 5.91 Å². The molecule has 1 aromatic heterocycles. The van der Waals surface area contributed by atoms with Gasteiger partial charge >= 0.3 is 0 Å². The minimum atomic E-state index is -0.0809. The molecule has 0 unspecified atom stereocenters. The van der Waals surface area contributed by atoms with E-state index >= 15 is 0 Å². The Labute approximate surface area is 108 Å². The number of methoxy groups -OCH3 is 1. The van der Waals surface area contributed by atoms with Crippen molar-refractivity contribution in [2.45, 2.75) is 13.3 Å². The number of ether oxygens (including phenoxy) is 2. The Morgan fingerprint density at radius 2 is 2.28 bits per heavy atom. The van der Waals surface area contributed by atoms with Crippen LogP contribution in [0.5, 0.6) is 5.88 Å². The van der Waals surface area contributed by atoms with Gasteiger partial charge in [-0.25, -0.2) is 4.98 Å². The normalized spacial score (nSPS) is 10.2. The van der Waals surface area contributed by atoms with E-state index in [0.717, 1.165) is 6.42 Å². The van der Waals surface area contributed by atoms with Crippen LogP contribution in [0.4, 0.5) is 0 Å². The molecule has 0 saturated carbocycles. The van der Waals surface area contributed by atoms with E-state index in [-0.39, 0.29) is 5.91 Å². The number of carbonyl (C=O) groups is 1. The minimum absolute atomic E-state index is 0.0809. The van der Waals surface area contributed by atoms with E-state index in [4.69, 9.17) is 9.47 Å². The Bertz CT molecular complexity index is 382. The SMILES string of the molecule is CCOc1ncccc1C(=O)N(C)CCCOC.